The molecular formula is C22H22FN5O2S. The lowest BCUT2D eigenvalue weighted by Gasteiger charge is -2.23. The molecule has 0 aliphatic carbocycles. The van der Waals surface area contributed by atoms with E-state index in [2.05, 4.69) is 20.8 Å². The van der Waals surface area contributed by atoms with Gasteiger partial charge in [0.25, 0.3) is 5.91 Å². The van der Waals surface area contributed by atoms with E-state index in [-0.39, 0.29) is 17.1 Å². The Morgan fingerprint density at radius 1 is 1.19 bits per heavy atom. The number of carbonyl (C=O) groups is 2. The van der Waals surface area contributed by atoms with E-state index in [0.29, 0.717) is 23.8 Å². The monoisotopic (exact) mass is 439 g/mol. The van der Waals surface area contributed by atoms with Gasteiger partial charge in [-0.05, 0) is 43.5 Å². The van der Waals surface area contributed by atoms with Gasteiger partial charge in [0.15, 0.2) is 0 Å². The lowest BCUT2D eigenvalue weighted by molar-refractivity contribution is 0.102. The van der Waals surface area contributed by atoms with Crippen LogP contribution in [0.15, 0.2) is 48.5 Å². The summed E-state index contributed by atoms with van der Waals surface area (Å²) in [6, 6.07) is 13.3. The Morgan fingerprint density at radius 3 is 2.77 bits per heavy atom. The molecule has 2 N–H and O–H groups in total. The standard InChI is InChI=1S/C22H22FN5O2S/c1-14-7-9-15(10-8-14)13-24-22(30)28-11-3-6-18(28)20-26-27-21(31-20)19(29)25-17-5-2-4-16(23)12-17/h2,4-5,7-10,12,18H,3,6,11,13H2,1H3,(H,24,30)(H,25,29)/t18-/m1/s1. The Bertz CT molecular complexity index is 1090. The van der Waals surface area contributed by atoms with Crippen LogP contribution in [-0.2, 0) is 6.54 Å². The smallest absolute Gasteiger partial charge is 0.318 e. The van der Waals surface area contributed by atoms with Crippen LogP contribution in [0.3, 0.4) is 0 Å². The molecule has 3 amide bonds. The van der Waals surface area contributed by atoms with Gasteiger partial charge in [-0.1, -0.05) is 47.2 Å². The lowest BCUT2D eigenvalue weighted by Crippen LogP contribution is -2.39. The van der Waals surface area contributed by atoms with Gasteiger partial charge in [-0.2, -0.15) is 0 Å². The molecule has 1 fully saturated rings. The van der Waals surface area contributed by atoms with Crippen molar-refractivity contribution in [2.24, 2.45) is 0 Å². The molecule has 4 rings (SSSR count). The van der Waals surface area contributed by atoms with Gasteiger partial charge in [0.1, 0.15) is 10.8 Å². The van der Waals surface area contributed by atoms with Gasteiger partial charge < -0.3 is 15.5 Å². The van der Waals surface area contributed by atoms with Crippen LogP contribution in [-0.4, -0.2) is 33.6 Å². The topological polar surface area (TPSA) is 87.2 Å². The van der Waals surface area contributed by atoms with Gasteiger partial charge >= 0.3 is 6.03 Å². The van der Waals surface area contributed by atoms with Crippen molar-refractivity contribution in [1.82, 2.24) is 20.4 Å². The highest BCUT2D eigenvalue weighted by atomic mass is 32.1. The summed E-state index contributed by atoms with van der Waals surface area (Å²) in [6.07, 6.45) is 1.62. The predicted octanol–water partition coefficient (Wildman–Crippen LogP) is 4.28. The molecule has 7 nitrogen and oxygen atoms in total. The zero-order valence-corrected chi connectivity index (χ0v) is 17.8. The minimum Gasteiger partial charge on any atom is -0.334 e. The van der Waals surface area contributed by atoms with E-state index in [0.717, 1.165) is 29.7 Å². The van der Waals surface area contributed by atoms with Gasteiger partial charge in [-0.3, -0.25) is 4.79 Å². The predicted molar refractivity (Wildman–Crippen MR) is 116 cm³/mol. The third-order valence-corrected chi connectivity index (χ3v) is 6.10. The number of nitrogens with zero attached hydrogens (tertiary/aromatic N) is 3. The van der Waals surface area contributed by atoms with Crippen LogP contribution in [0, 0.1) is 12.7 Å². The van der Waals surface area contributed by atoms with E-state index < -0.39 is 11.7 Å². The molecule has 2 aromatic carbocycles. The molecule has 1 aliphatic rings. The van der Waals surface area contributed by atoms with Crippen LogP contribution < -0.4 is 10.6 Å². The number of aromatic nitrogens is 2. The molecular weight excluding hydrogens is 417 g/mol. The van der Waals surface area contributed by atoms with Crippen LogP contribution in [0.4, 0.5) is 14.9 Å². The number of benzene rings is 2. The van der Waals surface area contributed by atoms with Gasteiger partial charge in [0, 0.05) is 18.8 Å². The number of nitrogens with one attached hydrogen (secondary N) is 2. The summed E-state index contributed by atoms with van der Waals surface area (Å²) in [5, 5.41) is 14.5. The zero-order chi connectivity index (χ0) is 21.8. The maximum Gasteiger partial charge on any atom is 0.318 e. The highest BCUT2D eigenvalue weighted by molar-refractivity contribution is 7.13. The molecule has 1 aromatic heterocycles. The number of hydrogen-bond acceptors (Lipinski definition) is 5. The summed E-state index contributed by atoms with van der Waals surface area (Å²) < 4.78 is 13.3. The first-order chi connectivity index (χ1) is 15.0. The second-order valence-electron chi connectivity index (χ2n) is 7.41. The molecule has 1 atom stereocenters. The van der Waals surface area contributed by atoms with Gasteiger partial charge in [0.2, 0.25) is 5.01 Å². The number of rotatable bonds is 5. The Labute approximate surface area is 183 Å². The molecule has 0 bridgehead atoms. The van der Waals surface area contributed by atoms with Gasteiger partial charge in [-0.15, -0.1) is 10.2 Å². The Balaban J connectivity index is 1.39. The van der Waals surface area contributed by atoms with E-state index in [1.54, 1.807) is 11.0 Å². The molecule has 1 aliphatic heterocycles. The summed E-state index contributed by atoms with van der Waals surface area (Å²) in [4.78, 5) is 26.9. The summed E-state index contributed by atoms with van der Waals surface area (Å²) in [6.45, 7) is 3.08. The van der Waals surface area contributed by atoms with Crippen LogP contribution in [0.1, 0.15) is 44.8 Å². The van der Waals surface area contributed by atoms with Crippen molar-refractivity contribution >= 4 is 29.0 Å². The summed E-state index contributed by atoms with van der Waals surface area (Å²) in [5.74, 6) is -0.892. The van der Waals surface area contributed by atoms with Crippen LogP contribution in [0.25, 0.3) is 0 Å². The molecule has 0 saturated carbocycles. The van der Waals surface area contributed by atoms with E-state index in [4.69, 9.17) is 0 Å². The molecule has 160 valence electrons. The van der Waals surface area contributed by atoms with Crippen molar-refractivity contribution in [3.8, 4) is 0 Å². The molecule has 0 radical (unpaired) electrons. The fraction of sp³-hybridized carbons (Fsp3) is 0.273. The third kappa shape index (κ3) is 5.05. The van der Waals surface area contributed by atoms with Crippen LogP contribution in [0.2, 0.25) is 0 Å². The maximum atomic E-state index is 13.3. The fourth-order valence-electron chi connectivity index (χ4n) is 3.46. The maximum absolute atomic E-state index is 13.3. The third-order valence-electron chi connectivity index (χ3n) is 5.08. The number of carbonyl (C=O) groups excluding carboxylic acids is 2. The SMILES string of the molecule is Cc1ccc(CNC(=O)N2CCC[C@@H]2c2nnc(C(=O)Nc3cccc(F)c3)s2)cc1. The molecule has 0 unspecified atom stereocenters. The summed E-state index contributed by atoms with van der Waals surface area (Å²) in [7, 11) is 0. The molecule has 9 heteroatoms. The molecule has 2 heterocycles. The van der Waals surface area contributed by atoms with Crippen molar-refractivity contribution in [2.75, 3.05) is 11.9 Å². The van der Waals surface area contributed by atoms with Crippen molar-refractivity contribution in [3.05, 3.63) is 75.5 Å². The van der Waals surface area contributed by atoms with Crippen LogP contribution >= 0.6 is 11.3 Å². The fourth-order valence-corrected chi connectivity index (χ4v) is 4.35. The summed E-state index contributed by atoms with van der Waals surface area (Å²) in [5.41, 5.74) is 2.55. The number of aryl methyl sites for hydroxylation is 1. The largest absolute Gasteiger partial charge is 0.334 e. The minimum atomic E-state index is -0.456. The average molecular weight is 440 g/mol. The molecule has 1 saturated heterocycles. The normalized spacial score (nSPS) is 15.7. The number of likely N-dealkylation sites (tertiary alicyclic amines) is 1. The number of anilines is 1. The van der Waals surface area contributed by atoms with Crippen molar-refractivity contribution in [1.29, 1.82) is 0 Å². The molecule has 3 aromatic rings. The highest BCUT2D eigenvalue weighted by Crippen LogP contribution is 2.33. The van der Waals surface area contributed by atoms with Crippen molar-refractivity contribution in [3.63, 3.8) is 0 Å². The first kappa shape index (κ1) is 20.9. The van der Waals surface area contributed by atoms with Crippen molar-refractivity contribution < 1.29 is 14.0 Å². The first-order valence-corrected chi connectivity index (χ1v) is 10.8. The number of halogens is 1. The van der Waals surface area contributed by atoms with E-state index in [9.17, 15) is 14.0 Å². The zero-order valence-electron chi connectivity index (χ0n) is 17.0. The summed E-state index contributed by atoms with van der Waals surface area (Å²) >= 11 is 1.15. The Kier molecular flexibility index (Phi) is 6.22. The highest BCUT2D eigenvalue weighted by Gasteiger charge is 2.33. The van der Waals surface area contributed by atoms with E-state index >= 15 is 0 Å². The Hall–Kier alpha value is -3.33. The van der Waals surface area contributed by atoms with E-state index in [1.165, 1.54) is 23.8 Å². The lowest BCUT2D eigenvalue weighted by atomic mass is 10.1. The second kappa shape index (κ2) is 9.22. The number of urea groups is 1. The second-order valence-corrected chi connectivity index (χ2v) is 8.41. The quantitative estimate of drug-likeness (QED) is 0.621. The van der Waals surface area contributed by atoms with E-state index in [1.807, 2.05) is 31.2 Å². The molecule has 31 heavy (non-hydrogen) atoms. The average Bonchev–Trinajstić information content (AvgIpc) is 3.43. The van der Waals surface area contributed by atoms with Gasteiger partial charge in [-0.25, -0.2) is 9.18 Å². The number of amides is 3. The Morgan fingerprint density at radius 2 is 2.00 bits per heavy atom. The first-order valence-electron chi connectivity index (χ1n) is 10.00. The van der Waals surface area contributed by atoms with Gasteiger partial charge in [0.05, 0.1) is 6.04 Å². The molecule has 0 spiro atoms. The number of hydrogen-bond donors (Lipinski definition) is 2. The minimum absolute atomic E-state index is 0.163. The van der Waals surface area contributed by atoms with Crippen LogP contribution in [0.5, 0.6) is 0 Å². The van der Waals surface area contributed by atoms with Crippen molar-refractivity contribution in [2.45, 2.75) is 32.4 Å².